The molecule has 1 N–H and O–H groups in total. The molecule has 1 rings (SSSR count). The van der Waals surface area contributed by atoms with Gasteiger partial charge in [0, 0.05) is 12.0 Å². The molecule has 1 atom stereocenters. The lowest BCUT2D eigenvalue weighted by molar-refractivity contribution is -0.144. The van der Waals surface area contributed by atoms with Crippen LogP contribution in [0.25, 0.3) is 0 Å². The molecular weight excluding hydrogens is 268 g/mol. The first-order valence-electron chi connectivity index (χ1n) is 7.57. The van der Waals surface area contributed by atoms with E-state index in [0.29, 0.717) is 17.7 Å². The van der Waals surface area contributed by atoms with Crippen molar-refractivity contribution in [2.75, 3.05) is 0 Å². The summed E-state index contributed by atoms with van der Waals surface area (Å²) in [4.78, 5) is 22.7. The highest BCUT2D eigenvalue weighted by atomic mass is 16.5. The fourth-order valence-electron chi connectivity index (χ4n) is 2.01. The number of hydrogen-bond acceptors (Lipinski definition) is 3. The van der Waals surface area contributed by atoms with Crippen LogP contribution in [0, 0.1) is 0 Å². The summed E-state index contributed by atoms with van der Waals surface area (Å²) in [6.45, 7) is 3.64. The van der Waals surface area contributed by atoms with Gasteiger partial charge in [-0.15, -0.1) is 0 Å². The maximum atomic E-state index is 12.0. The van der Waals surface area contributed by atoms with Gasteiger partial charge in [0.15, 0.2) is 11.9 Å². The smallest absolute Gasteiger partial charge is 0.344 e. The lowest BCUT2D eigenvalue weighted by atomic mass is 10.0. The van der Waals surface area contributed by atoms with Crippen molar-refractivity contribution in [1.82, 2.24) is 0 Å². The number of ether oxygens (including phenoxy) is 1. The zero-order valence-electron chi connectivity index (χ0n) is 12.8. The molecule has 0 bridgehead atoms. The number of hydrogen-bond donors (Lipinski definition) is 1. The molecule has 0 radical (unpaired) electrons. The Morgan fingerprint density at radius 1 is 1.10 bits per heavy atom. The van der Waals surface area contributed by atoms with Gasteiger partial charge in [0.2, 0.25) is 0 Å². The van der Waals surface area contributed by atoms with Crippen LogP contribution in [0.3, 0.4) is 0 Å². The van der Waals surface area contributed by atoms with Gasteiger partial charge in [-0.1, -0.05) is 32.6 Å². The summed E-state index contributed by atoms with van der Waals surface area (Å²) in [5.74, 6) is -0.420. The number of benzene rings is 1. The molecule has 0 aliphatic carbocycles. The lowest BCUT2D eigenvalue weighted by Gasteiger charge is -2.10. The predicted octanol–water partition coefficient (Wildman–Crippen LogP) is 4.08. The van der Waals surface area contributed by atoms with Gasteiger partial charge in [0.25, 0.3) is 0 Å². The van der Waals surface area contributed by atoms with Gasteiger partial charge in [-0.05, 0) is 37.6 Å². The van der Waals surface area contributed by atoms with Crippen LogP contribution in [0.2, 0.25) is 0 Å². The number of ketones is 1. The van der Waals surface area contributed by atoms with E-state index in [2.05, 4.69) is 6.92 Å². The van der Waals surface area contributed by atoms with E-state index in [-0.39, 0.29) is 5.78 Å². The zero-order valence-corrected chi connectivity index (χ0v) is 12.8. The molecule has 0 aromatic heterocycles. The highest BCUT2D eigenvalue weighted by molar-refractivity contribution is 5.96. The van der Waals surface area contributed by atoms with Crippen LogP contribution in [0.1, 0.15) is 62.7 Å². The quantitative estimate of drug-likeness (QED) is 0.521. The average molecular weight is 292 g/mol. The minimum absolute atomic E-state index is 0.129. The first-order chi connectivity index (χ1) is 10.0. The molecule has 1 aromatic rings. The van der Waals surface area contributed by atoms with Gasteiger partial charge in [0.1, 0.15) is 5.75 Å². The van der Waals surface area contributed by atoms with Gasteiger partial charge in [0.05, 0.1) is 0 Å². The third-order valence-electron chi connectivity index (χ3n) is 3.34. The molecule has 0 heterocycles. The topological polar surface area (TPSA) is 63.6 Å². The van der Waals surface area contributed by atoms with E-state index in [4.69, 9.17) is 9.84 Å². The number of unbranched alkanes of at least 4 members (excludes halogenated alkanes) is 4. The van der Waals surface area contributed by atoms with E-state index < -0.39 is 12.1 Å². The molecule has 0 fully saturated rings. The highest BCUT2D eigenvalue weighted by Gasteiger charge is 2.12. The van der Waals surface area contributed by atoms with Crippen LogP contribution in [-0.4, -0.2) is 23.0 Å². The summed E-state index contributed by atoms with van der Waals surface area (Å²) in [7, 11) is 0. The van der Waals surface area contributed by atoms with Crippen LogP contribution < -0.4 is 4.74 Å². The van der Waals surface area contributed by atoms with E-state index in [1.165, 1.54) is 26.2 Å². The van der Waals surface area contributed by atoms with Crippen molar-refractivity contribution in [3.8, 4) is 5.75 Å². The van der Waals surface area contributed by atoms with Crippen LogP contribution in [-0.2, 0) is 4.79 Å². The average Bonchev–Trinajstić information content (AvgIpc) is 2.47. The minimum atomic E-state index is -1.01. The summed E-state index contributed by atoms with van der Waals surface area (Å²) in [6, 6.07) is 6.67. The molecule has 4 nitrogen and oxygen atoms in total. The van der Waals surface area contributed by atoms with Crippen molar-refractivity contribution >= 4 is 11.8 Å². The summed E-state index contributed by atoms with van der Waals surface area (Å²) in [5.41, 5.74) is 0.654. The van der Waals surface area contributed by atoms with Crippen molar-refractivity contribution < 1.29 is 19.4 Å². The highest BCUT2D eigenvalue weighted by Crippen LogP contribution is 2.16. The Hall–Kier alpha value is -1.84. The van der Waals surface area contributed by atoms with Gasteiger partial charge in [-0.25, -0.2) is 4.79 Å². The Morgan fingerprint density at radius 2 is 1.71 bits per heavy atom. The fourth-order valence-corrected chi connectivity index (χ4v) is 2.01. The normalized spacial score (nSPS) is 11.9. The molecular formula is C17H24O4. The third-order valence-corrected chi connectivity index (χ3v) is 3.34. The number of carboxylic acids is 1. The minimum Gasteiger partial charge on any atom is -0.479 e. The molecule has 1 aromatic carbocycles. The fraction of sp³-hybridized carbons (Fsp3) is 0.529. The van der Waals surface area contributed by atoms with Crippen molar-refractivity contribution in [2.45, 2.75) is 58.5 Å². The first kappa shape index (κ1) is 17.2. The number of carbonyl (C=O) groups excluding carboxylic acids is 1. The second kappa shape index (κ2) is 9.16. The monoisotopic (exact) mass is 292 g/mol. The molecule has 0 aliphatic heterocycles. The summed E-state index contributed by atoms with van der Waals surface area (Å²) < 4.78 is 5.23. The molecule has 0 aliphatic rings. The van der Waals surface area contributed by atoms with Crippen molar-refractivity contribution in [3.63, 3.8) is 0 Å². The van der Waals surface area contributed by atoms with Gasteiger partial charge in [-0.3, -0.25) is 4.79 Å². The van der Waals surface area contributed by atoms with Gasteiger partial charge in [-0.2, -0.15) is 0 Å². The standard InChI is InChI=1S/C17H24O4/c1-3-4-5-6-7-8-16(18)14-9-11-15(12-10-14)21-13(2)17(19)20/h9-13H,3-8H2,1-2H3,(H,19,20)/t13-/m0/s1. The van der Waals surface area contributed by atoms with Crippen LogP contribution >= 0.6 is 0 Å². The largest absolute Gasteiger partial charge is 0.479 e. The third kappa shape index (κ3) is 6.43. The van der Waals surface area contributed by atoms with Crippen LogP contribution in [0.15, 0.2) is 24.3 Å². The second-order valence-corrected chi connectivity index (χ2v) is 5.21. The Kier molecular flexibility index (Phi) is 7.51. The molecule has 0 spiro atoms. The summed E-state index contributed by atoms with van der Waals surface area (Å²) in [5, 5.41) is 8.77. The summed E-state index contributed by atoms with van der Waals surface area (Å²) in [6.07, 6.45) is 5.29. The molecule has 116 valence electrons. The number of aliphatic carboxylic acids is 1. The molecule has 0 amide bonds. The maximum Gasteiger partial charge on any atom is 0.344 e. The number of rotatable bonds is 10. The Balaban J connectivity index is 2.42. The zero-order chi connectivity index (χ0) is 15.7. The van der Waals surface area contributed by atoms with Crippen molar-refractivity contribution in [1.29, 1.82) is 0 Å². The second-order valence-electron chi connectivity index (χ2n) is 5.21. The summed E-state index contributed by atoms with van der Waals surface area (Å²) >= 11 is 0. The van der Waals surface area contributed by atoms with Crippen LogP contribution in [0.5, 0.6) is 5.75 Å². The van der Waals surface area contributed by atoms with Crippen molar-refractivity contribution in [2.24, 2.45) is 0 Å². The Morgan fingerprint density at radius 3 is 2.29 bits per heavy atom. The van der Waals surface area contributed by atoms with E-state index in [1.54, 1.807) is 24.3 Å². The Bertz CT molecular complexity index is 450. The van der Waals surface area contributed by atoms with E-state index in [9.17, 15) is 9.59 Å². The maximum absolute atomic E-state index is 12.0. The van der Waals surface area contributed by atoms with Gasteiger partial charge < -0.3 is 9.84 Å². The molecule has 0 saturated heterocycles. The molecule has 21 heavy (non-hydrogen) atoms. The number of carboxylic acid groups (broad SMARTS) is 1. The molecule has 4 heteroatoms. The van der Waals surface area contributed by atoms with E-state index in [0.717, 1.165) is 12.8 Å². The number of Topliss-reactive ketones (excluding diaryl/α,β-unsaturated/α-hetero) is 1. The predicted molar refractivity (Wildman–Crippen MR) is 81.9 cm³/mol. The molecule has 0 saturated carbocycles. The van der Waals surface area contributed by atoms with Gasteiger partial charge >= 0.3 is 5.97 Å². The molecule has 0 unspecified atom stereocenters. The van der Waals surface area contributed by atoms with Crippen molar-refractivity contribution in [3.05, 3.63) is 29.8 Å². The first-order valence-corrected chi connectivity index (χ1v) is 7.57. The number of carbonyl (C=O) groups is 2. The van der Waals surface area contributed by atoms with E-state index >= 15 is 0 Å². The van der Waals surface area contributed by atoms with Crippen LogP contribution in [0.4, 0.5) is 0 Å². The SMILES string of the molecule is CCCCCCCC(=O)c1ccc(O[C@@H](C)C(=O)O)cc1. The van der Waals surface area contributed by atoms with E-state index in [1.807, 2.05) is 0 Å². The Labute approximate surface area is 126 Å². The lowest BCUT2D eigenvalue weighted by Crippen LogP contribution is -2.22.